The van der Waals surface area contributed by atoms with Gasteiger partial charge in [0.1, 0.15) is 11.3 Å². The highest BCUT2D eigenvalue weighted by molar-refractivity contribution is 5.83. The Labute approximate surface area is 153 Å². The summed E-state index contributed by atoms with van der Waals surface area (Å²) in [5.41, 5.74) is 4.16. The molecule has 1 aromatic heterocycles. The van der Waals surface area contributed by atoms with Crippen molar-refractivity contribution in [1.29, 1.82) is 0 Å². The van der Waals surface area contributed by atoms with Crippen LogP contribution in [0.5, 0.6) is 5.75 Å². The number of hydrogen-bond donors (Lipinski definition) is 0. The molecular formula is C24H18O2. The lowest BCUT2D eigenvalue weighted by atomic mass is 10.0. The zero-order valence-electron chi connectivity index (χ0n) is 14.5. The van der Waals surface area contributed by atoms with Gasteiger partial charge < -0.3 is 9.15 Å². The summed E-state index contributed by atoms with van der Waals surface area (Å²) in [4.78, 5) is 0. The minimum atomic E-state index is 0.728. The van der Waals surface area contributed by atoms with Crippen LogP contribution in [0.15, 0.2) is 83.3 Å². The highest BCUT2D eigenvalue weighted by Gasteiger charge is 2.13. The maximum Gasteiger partial charge on any atom is 0.182 e. The second kappa shape index (κ2) is 7.21. The van der Waals surface area contributed by atoms with Gasteiger partial charge in [-0.05, 0) is 41.8 Å². The van der Waals surface area contributed by atoms with Gasteiger partial charge in [0, 0.05) is 22.9 Å². The van der Waals surface area contributed by atoms with Gasteiger partial charge >= 0.3 is 0 Å². The molecule has 0 aliphatic heterocycles. The lowest BCUT2D eigenvalue weighted by Gasteiger charge is -2.03. The fraction of sp³-hybridized carbons (Fsp3) is 0.0833. The van der Waals surface area contributed by atoms with Crippen molar-refractivity contribution in [2.45, 2.75) is 6.42 Å². The van der Waals surface area contributed by atoms with E-state index < -0.39 is 0 Å². The maximum absolute atomic E-state index is 6.04. The zero-order valence-corrected chi connectivity index (χ0v) is 14.5. The van der Waals surface area contributed by atoms with E-state index in [-0.39, 0.29) is 0 Å². The number of hydrogen-bond acceptors (Lipinski definition) is 2. The second-order valence-corrected chi connectivity index (χ2v) is 6.05. The van der Waals surface area contributed by atoms with E-state index in [9.17, 15) is 0 Å². The summed E-state index contributed by atoms with van der Waals surface area (Å²) in [6.07, 6.45) is 0.764. The number of para-hydroxylation sites is 1. The van der Waals surface area contributed by atoms with Crippen LogP contribution in [0.2, 0.25) is 0 Å². The van der Waals surface area contributed by atoms with Crippen LogP contribution in [0, 0.1) is 11.8 Å². The quantitative estimate of drug-likeness (QED) is 0.465. The SMILES string of the molecule is COc1ccc(Cc2c(C#Cc3ccccc3)oc3ccccc23)cc1. The molecule has 0 aliphatic carbocycles. The third kappa shape index (κ3) is 3.34. The third-order valence-electron chi connectivity index (χ3n) is 4.33. The molecule has 0 atom stereocenters. The van der Waals surface area contributed by atoms with Crippen molar-refractivity contribution in [3.63, 3.8) is 0 Å². The van der Waals surface area contributed by atoms with Crippen LogP contribution in [-0.4, -0.2) is 7.11 Å². The van der Waals surface area contributed by atoms with Crippen LogP contribution < -0.4 is 4.74 Å². The van der Waals surface area contributed by atoms with E-state index in [1.54, 1.807) is 7.11 Å². The smallest absolute Gasteiger partial charge is 0.182 e. The molecule has 4 rings (SSSR count). The van der Waals surface area contributed by atoms with Gasteiger partial charge in [-0.25, -0.2) is 0 Å². The Morgan fingerprint density at radius 3 is 2.31 bits per heavy atom. The Bertz CT molecular complexity index is 1080. The summed E-state index contributed by atoms with van der Waals surface area (Å²) in [6, 6.07) is 26.2. The molecule has 0 unspecified atom stereocenters. The monoisotopic (exact) mass is 338 g/mol. The van der Waals surface area contributed by atoms with Crippen molar-refractivity contribution in [3.05, 3.63) is 101 Å². The third-order valence-corrected chi connectivity index (χ3v) is 4.33. The van der Waals surface area contributed by atoms with Gasteiger partial charge in [-0.15, -0.1) is 0 Å². The second-order valence-electron chi connectivity index (χ2n) is 6.05. The molecule has 0 aliphatic rings. The van der Waals surface area contributed by atoms with Crippen LogP contribution in [-0.2, 0) is 6.42 Å². The van der Waals surface area contributed by atoms with Crippen molar-refractivity contribution in [2.75, 3.05) is 7.11 Å². The predicted octanol–water partition coefficient (Wildman–Crippen LogP) is 5.43. The fourth-order valence-corrected chi connectivity index (χ4v) is 2.97. The van der Waals surface area contributed by atoms with Crippen LogP contribution in [0.3, 0.4) is 0 Å². The molecule has 4 aromatic rings. The maximum atomic E-state index is 6.04. The molecule has 26 heavy (non-hydrogen) atoms. The number of fused-ring (bicyclic) bond motifs is 1. The molecule has 1 heterocycles. The predicted molar refractivity (Wildman–Crippen MR) is 104 cm³/mol. The Morgan fingerprint density at radius 1 is 0.808 bits per heavy atom. The first kappa shape index (κ1) is 16.1. The highest BCUT2D eigenvalue weighted by Crippen LogP contribution is 2.28. The summed E-state index contributed by atoms with van der Waals surface area (Å²) in [6.45, 7) is 0. The zero-order chi connectivity index (χ0) is 17.8. The average Bonchev–Trinajstić information content (AvgIpc) is 3.05. The van der Waals surface area contributed by atoms with Crippen molar-refractivity contribution >= 4 is 11.0 Å². The molecule has 0 spiro atoms. The molecule has 0 radical (unpaired) electrons. The van der Waals surface area contributed by atoms with Gasteiger partial charge in [0.05, 0.1) is 7.11 Å². The number of benzene rings is 3. The summed E-state index contributed by atoms with van der Waals surface area (Å²) in [7, 11) is 1.68. The largest absolute Gasteiger partial charge is 0.497 e. The van der Waals surface area contributed by atoms with E-state index in [0.29, 0.717) is 0 Å². The lowest BCUT2D eigenvalue weighted by Crippen LogP contribution is -1.91. The first-order valence-electron chi connectivity index (χ1n) is 8.54. The van der Waals surface area contributed by atoms with Crippen molar-refractivity contribution in [1.82, 2.24) is 0 Å². The molecule has 3 aromatic carbocycles. The van der Waals surface area contributed by atoms with Crippen LogP contribution >= 0.6 is 0 Å². The number of rotatable bonds is 3. The van der Waals surface area contributed by atoms with Crippen LogP contribution in [0.25, 0.3) is 11.0 Å². The number of ether oxygens (including phenoxy) is 1. The van der Waals surface area contributed by atoms with Crippen LogP contribution in [0.1, 0.15) is 22.5 Å². The average molecular weight is 338 g/mol. The van der Waals surface area contributed by atoms with Crippen molar-refractivity contribution < 1.29 is 9.15 Å². The molecule has 0 saturated carbocycles. The van der Waals surface area contributed by atoms with Gasteiger partial charge in [0.15, 0.2) is 5.76 Å². The van der Waals surface area contributed by atoms with E-state index in [1.807, 2.05) is 60.7 Å². The summed E-state index contributed by atoms with van der Waals surface area (Å²) in [5, 5.41) is 1.11. The molecule has 0 saturated heterocycles. The van der Waals surface area contributed by atoms with E-state index in [2.05, 4.69) is 30.0 Å². The minimum absolute atomic E-state index is 0.728. The van der Waals surface area contributed by atoms with Gasteiger partial charge in [-0.1, -0.05) is 54.5 Å². The van der Waals surface area contributed by atoms with Gasteiger partial charge in [0.2, 0.25) is 0 Å². The summed E-state index contributed by atoms with van der Waals surface area (Å²) < 4.78 is 11.3. The van der Waals surface area contributed by atoms with Crippen molar-refractivity contribution in [3.8, 4) is 17.6 Å². The molecule has 0 fully saturated rings. The fourth-order valence-electron chi connectivity index (χ4n) is 2.97. The molecule has 2 nitrogen and oxygen atoms in total. The van der Waals surface area contributed by atoms with Gasteiger partial charge in [-0.3, -0.25) is 0 Å². The standard InChI is InChI=1S/C24H18O2/c1-25-20-14-11-19(12-15-20)17-22-21-9-5-6-10-23(21)26-24(22)16-13-18-7-3-2-4-8-18/h2-12,14-15H,17H2,1H3. The topological polar surface area (TPSA) is 22.4 Å². The lowest BCUT2D eigenvalue weighted by molar-refractivity contribution is 0.414. The van der Waals surface area contributed by atoms with E-state index >= 15 is 0 Å². The molecule has 0 bridgehead atoms. The number of methoxy groups -OCH3 is 1. The first-order valence-corrected chi connectivity index (χ1v) is 8.54. The molecule has 0 N–H and O–H groups in total. The highest BCUT2D eigenvalue weighted by atomic mass is 16.5. The summed E-state index contributed by atoms with van der Waals surface area (Å²) in [5.74, 6) is 8.01. The molecular weight excluding hydrogens is 320 g/mol. The minimum Gasteiger partial charge on any atom is -0.497 e. The molecule has 2 heteroatoms. The van der Waals surface area contributed by atoms with E-state index in [4.69, 9.17) is 9.15 Å². The Kier molecular flexibility index (Phi) is 4.45. The Balaban J connectivity index is 1.75. The Hall–Kier alpha value is -3.44. The number of furan rings is 1. The van der Waals surface area contributed by atoms with E-state index in [0.717, 1.165) is 40.0 Å². The van der Waals surface area contributed by atoms with E-state index in [1.165, 1.54) is 5.56 Å². The van der Waals surface area contributed by atoms with Crippen LogP contribution in [0.4, 0.5) is 0 Å². The Morgan fingerprint density at radius 2 is 1.54 bits per heavy atom. The van der Waals surface area contributed by atoms with Gasteiger partial charge in [-0.2, -0.15) is 0 Å². The molecule has 126 valence electrons. The van der Waals surface area contributed by atoms with Crippen molar-refractivity contribution in [2.24, 2.45) is 0 Å². The first-order chi connectivity index (χ1) is 12.8. The van der Waals surface area contributed by atoms with Gasteiger partial charge in [0.25, 0.3) is 0 Å². The normalized spacial score (nSPS) is 10.3. The molecule has 0 amide bonds. The summed E-state index contributed by atoms with van der Waals surface area (Å²) >= 11 is 0.